The van der Waals surface area contributed by atoms with Crippen LogP contribution in [0.15, 0.2) is 71.5 Å². The van der Waals surface area contributed by atoms with Crippen molar-refractivity contribution in [2.24, 2.45) is 0 Å². The van der Waals surface area contributed by atoms with Crippen molar-refractivity contribution in [1.29, 1.82) is 0 Å². The second-order valence-electron chi connectivity index (χ2n) is 8.52. The summed E-state index contributed by atoms with van der Waals surface area (Å²) in [7, 11) is 3.21. The van der Waals surface area contributed by atoms with E-state index in [2.05, 4.69) is 24.1 Å². The minimum absolute atomic E-state index is 0.311. The van der Waals surface area contributed by atoms with Crippen LogP contribution in [0.1, 0.15) is 37.1 Å². The molecular formula is C27H26N4O3. The van der Waals surface area contributed by atoms with Crippen LogP contribution < -0.4 is 20.3 Å². The maximum Gasteiger partial charge on any atom is 0.300 e. The molecule has 0 radical (unpaired) electrons. The van der Waals surface area contributed by atoms with E-state index < -0.39 is 6.17 Å². The predicted molar refractivity (Wildman–Crippen MR) is 133 cm³/mol. The molecule has 1 N–H and O–H groups in total. The monoisotopic (exact) mass is 454 g/mol. The average molecular weight is 455 g/mol. The molecule has 0 amide bonds. The number of rotatable bonds is 5. The number of benzene rings is 3. The second-order valence-corrected chi connectivity index (χ2v) is 8.52. The van der Waals surface area contributed by atoms with Crippen LogP contribution in [0.3, 0.4) is 0 Å². The Hall–Kier alpha value is -4.13. The smallest absolute Gasteiger partial charge is 0.300 e. The molecule has 1 aliphatic rings. The number of para-hydroxylation sites is 1. The van der Waals surface area contributed by atoms with E-state index >= 15 is 0 Å². The highest BCUT2D eigenvalue weighted by atomic mass is 16.5. The summed E-state index contributed by atoms with van der Waals surface area (Å²) in [5.74, 6) is 2.17. The molecule has 1 aliphatic heterocycles. The van der Waals surface area contributed by atoms with Crippen molar-refractivity contribution >= 4 is 5.69 Å². The molecule has 3 aromatic carbocycles. The van der Waals surface area contributed by atoms with Crippen molar-refractivity contribution in [3.8, 4) is 34.1 Å². The molecule has 0 spiro atoms. The van der Waals surface area contributed by atoms with Gasteiger partial charge in [0.1, 0.15) is 6.17 Å². The topological polar surface area (TPSA) is 78.3 Å². The Labute approximate surface area is 198 Å². The van der Waals surface area contributed by atoms with E-state index in [-0.39, 0.29) is 5.56 Å². The SMILES string of the molecule is COc1ccc([C@@H]2Nc3ccccc3-c3nc(=O)c(-c4ccc(C(C)C)cc4)nn32)cc1OC. The van der Waals surface area contributed by atoms with Crippen LogP contribution in [0.2, 0.25) is 0 Å². The number of nitrogens with zero attached hydrogens (tertiary/aromatic N) is 3. The summed E-state index contributed by atoms with van der Waals surface area (Å²) in [5.41, 5.74) is 4.50. The first kappa shape index (κ1) is 21.7. The number of hydrogen-bond acceptors (Lipinski definition) is 6. The lowest BCUT2D eigenvalue weighted by Gasteiger charge is -2.31. The normalized spacial score (nSPS) is 14.2. The highest BCUT2D eigenvalue weighted by Crippen LogP contribution is 2.38. The minimum Gasteiger partial charge on any atom is -0.493 e. The van der Waals surface area contributed by atoms with Crippen molar-refractivity contribution < 1.29 is 9.47 Å². The third-order valence-corrected chi connectivity index (χ3v) is 6.11. The zero-order chi connectivity index (χ0) is 23.8. The molecule has 0 aliphatic carbocycles. The molecule has 172 valence electrons. The summed E-state index contributed by atoms with van der Waals surface area (Å²) in [6.45, 7) is 4.28. The summed E-state index contributed by atoms with van der Waals surface area (Å²) < 4.78 is 12.7. The number of nitrogens with one attached hydrogen (secondary N) is 1. The Morgan fingerprint density at radius 2 is 1.68 bits per heavy atom. The fraction of sp³-hybridized carbons (Fsp3) is 0.222. The zero-order valence-electron chi connectivity index (χ0n) is 19.6. The van der Waals surface area contributed by atoms with Crippen LogP contribution >= 0.6 is 0 Å². The number of anilines is 1. The third-order valence-electron chi connectivity index (χ3n) is 6.11. The van der Waals surface area contributed by atoms with Crippen molar-refractivity contribution in [2.45, 2.75) is 25.9 Å². The Bertz CT molecular complexity index is 1410. The van der Waals surface area contributed by atoms with Crippen LogP contribution in [0.5, 0.6) is 11.5 Å². The van der Waals surface area contributed by atoms with Gasteiger partial charge in [-0.1, -0.05) is 56.3 Å². The number of ether oxygens (including phenoxy) is 2. The van der Waals surface area contributed by atoms with Crippen molar-refractivity contribution in [3.63, 3.8) is 0 Å². The maximum absolute atomic E-state index is 13.1. The molecule has 0 unspecified atom stereocenters. The van der Waals surface area contributed by atoms with Crippen molar-refractivity contribution in [3.05, 3.63) is 88.2 Å². The van der Waals surface area contributed by atoms with E-state index in [1.54, 1.807) is 18.9 Å². The molecule has 7 nitrogen and oxygen atoms in total. The summed E-state index contributed by atoms with van der Waals surface area (Å²) >= 11 is 0. The van der Waals surface area contributed by atoms with Gasteiger partial charge in [0, 0.05) is 22.4 Å². The Kier molecular flexibility index (Phi) is 5.53. The quantitative estimate of drug-likeness (QED) is 0.453. The molecule has 7 heteroatoms. The van der Waals surface area contributed by atoms with Crippen LogP contribution in [-0.4, -0.2) is 29.0 Å². The molecule has 1 atom stereocenters. The largest absolute Gasteiger partial charge is 0.493 e. The number of hydrogen-bond donors (Lipinski definition) is 1. The van der Waals surface area contributed by atoms with E-state index in [9.17, 15) is 4.79 Å². The highest BCUT2D eigenvalue weighted by Gasteiger charge is 2.28. The Morgan fingerprint density at radius 3 is 2.38 bits per heavy atom. The first-order valence-corrected chi connectivity index (χ1v) is 11.2. The van der Waals surface area contributed by atoms with Crippen LogP contribution in [-0.2, 0) is 0 Å². The Morgan fingerprint density at radius 1 is 0.941 bits per heavy atom. The molecule has 34 heavy (non-hydrogen) atoms. The summed E-state index contributed by atoms with van der Waals surface area (Å²) in [6.07, 6.45) is -0.397. The van der Waals surface area contributed by atoms with Crippen LogP contribution in [0, 0.1) is 0 Å². The van der Waals surface area contributed by atoms with E-state index in [4.69, 9.17) is 14.6 Å². The van der Waals surface area contributed by atoms with Gasteiger partial charge in [-0.05, 0) is 35.7 Å². The minimum atomic E-state index is -0.397. The first-order valence-electron chi connectivity index (χ1n) is 11.2. The first-order chi connectivity index (χ1) is 16.5. The summed E-state index contributed by atoms with van der Waals surface area (Å²) in [5, 5.41) is 8.36. The van der Waals surface area contributed by atoms with E-state index in [0.717, 1.165) is 22.4 Å². The highest BCUT2D eigenvalue weighted by molar-refractivity contribution is 5.76. The zero-order valence-corrected chi connectivity index (χ0v) is 19.6. The van der Waals surface area contributed by atoms with Crippen LogP contribution in [0.4, 0.5) is 5.69 Å². The van der Waals surface area contributed by atoms with Crippen LogP contribution in [0.25, 0.3) is 22.6 Å². The maximum atomic E-state index is 13.1. The molecule has 4 aromatic rings. The van der Waals surface area contributed by atoms with Gasteiger partial charge in [-0.15, -0.1) is 0 Å². The number of methoxy groups -OCH3 is 2. The fourth-order valence-electron chi connectivity index (χ4n) is 4.23. The van der Waals surface area contributed by atoms with Gasteiger partial charge < -0.3 is 14.8 Å². The lowest BCUT2D eigenvalue weighted by atomic mass is 10.0. The van der Waals surface area contributed by atoms with Gasteiger partial charge in [0.05, 0.1) is 14.2 Å². The van der Waals surface area contributed by atoms with Gasteiger partial charge in [-0.2, -0.15) is 10.1 Å². The van der Waals surface area contributed by atoms with Crippen molar-refractivity contribution in [1.82, 2.24) is 14.8 Å². The fourth-order valence-corrected chi connectivity index (χ4v) is 4.23. The lowest BCUT2D eigenvalue weighted by Crippen LogP contribution is -2.32. The molecule has 0 bridgehead atoms. The third kappa shape index (κ3) is 3.69. The molecule has 2 heterocycles. The van der Waals surface area contributed by atoms with Gasteiger partial charge in [0.25, 0.3) is 5.56 Å². The van der Waals surface area contributed by atoms with Gasteiger partial charge in [-0.3, -0.25) is 4.79 Å². The number of fused-ring (bicyclic) bond motifs is 3. The molecule has 0 fully saturated rings. The van der Waals surface area contributed by atoms with Gasteiger partial charge in [0.15, 0.2) is 23.0 Å². The molecule has 0 saturated heterocycles. The van der Waals surface area contributed by atoms with E-state index in [1.165, 1.54) is 5.56 Å². The molecular weight excluding hydrogens is 428 g/mol. The Balaban J connectivity index is 1.69. The van der Waals surface area contributed by atoms with Gasteiger partial charge >= 0.3 is 0 Å². The molecule has 5 rings (SSSR count). The molecule has 1 aromatic heterocycles. The lowest BCUT2D eigenvalue weighted by molar-refractivity contribution is 0.354. The number of aromatic nitrogens is 3. The van der Waals surface area contributed by atoms with Gasteiger partial charge in [0.2, 0.25) is 0 Å². The van der Waals surface area contributed by atoms with E-state index in [1.807, 2.05) is 66.7 Å². The standard InChI is InChI=1S/C27H26N4O3/c1-16(2)17-9-11-18(12-10-17)24-27(32)29-26-20-7-5-6-8-21(20)28-25(31(26)30-24)19-13-14-22(33-3)23(15-19)34-4/h5-16,25,28H,1-4H3/t25-/m1/s1. The summed E-state index contributed by atoms with van der Waals surface area (Å²) in [4.78, 5) is 17.6. The van der Waals surface area contributed by atoms with Gasteiger partial charge in [-0.25, -0.2) is 4.68 Å². The van der Waals surface area contributed by atoms with E-state index in [0.29, 0.717) is 28.9 Å². The second kappa shape index (κ2) is 8.67. The van der Waals surface area contributed by atoms with Crippen molar-refractivity contribution in [2.75, 3.05) is 19.5 Å². The average Bonchev–Trinajstić information content (AvgIpc) is 2.87. The summed E-state index contributed by atoms with van der Waals surface area (Å²) in [6, 6.07) is 21.4. The molecule has 0 saturated carbocycles. The predicted octanol–water partition coefficient (Wildman–Crippen LogP) is 5.09.